The van der Waals surface area contributed by atoms with E-state index >= 15 is 0 Å². The fourth-order valence-electron chi connectivity index (χ4n) is 0.249. The summed E-state index contributed by atoms with van der Waals surface area (Å²) < 4.78 is 0. The minimum absolute atomic E-state index is 0.0556. The first-order valence-corrected chi connectivity index (χ1v) is 2.34. The number of hydrogen-bond acceptors (Lipinski definition) is 1. The van der Waals surface area contributed by atoms with Crippen LogP contribution in [0.3, 0.4) is 0 Å². The standard InChI is InChI=1S/C7H9O/c1-4-5-7(8)6(2)3/h4-5H,1-2H2,3H3. The molecule has 8 heavy (non-hydrogen) atoms. The highest BCUT2D eigenvalue weighted by Crippen LogP contribution is 1.92. The molecule has 0 fully saturated rings. The second-order valence-corrected chi connectivity index (χ2v) is 1.55. The Hall–Kier alpha value is -0.850. The van der Waals surface area contributed by atoms with Crippen LogP contribution in [0.25, 0.3) is 0 Å². The molecule has 0 rings (SSSR count). The zero-order valence-corrected chi connectivity index (χ0v) is 4.98. The van der Waals surface area contributed by atoms with Crippen molar-refractivity contribution in [2.45, 2.75) is 6.92 Å². The molecule has 0 heterocycles. The van der Waals surface area contributed by atoms with Crippen LogP contribution in [0.1, 0.15) is 6.92 Å². The fourth-order valence-corrected chi connectivity index (χ4v) is 0.249. The number of Topliss-reactive ketones (excluding diaryl/α,β-unsaturated/α-hetero) is 1. The number of rotatable bonds is 3. The SMILES string of the molecule is C=C[CH]C(=O)C(=C)C. The number of allylic oxidation sites excluding steroid dienone is 2. The molecular weight excluding hydrogens is 100 g/mol. The minimum atomic E-state index is -0.0556. The molecule has 0 aromatic rings. The zero-order valence-electron chi connectivity index (χ0n) is 4.98. The van der Waals surface area contributed by atoms with Gasteiger partial charge in [0.25, 0.3) is 0 Å². The van der Waals surface area contributed by atoms with Gasteiger partial charge in [0, 0.05) is 0 Å². The normalized spacial score (nSPS) is 8.12. The molecule has 0 spiro atoms. The molecule has 0 unspecified atom stereocenters. The van der Waals surface area contributed by atoms with Gasteiger partial charge in [-0.15, -0.1) is 6.58 Å². The second-order valence-electron chi connectivity index (χ2n) is 1.55. The lowest BCUT2D eigenvalue weighted by Gasteiger charge is -1.88. The molecule has 0 aliphatic rings. The Bertz CT molecular complexity index is 122. The molecule has 43 valence electrons. The molecule has 0 atom stereocenters. The molecule has 0 saturated heterocycles. The Labute approximate surface area is 49.7 Å². The average molecular weight is 109 g/mol. The Morgan fingerprint density at radius 1 is 1.62 bits per heavy atom. The maximum Gasteiger partial charge on any atom is 0.165 e. The maximum atomic E-state index is 10.5. The van der Waals surface area contributed by atoms with Crippen molar-refractivity contribution in [3.63, 3.8) is 0 Å². The lowest BCUT2D eigenvalue weighted by atomic mass is 10.2. The summed E-state index contributed by atoms with van der Waals surface area (Å²) in [4.78, 5) is 10.5. The topological polar surface area (TPSA) is 17.1 Å². The van der Waals surface area contributed by atoms with Crippen LogP contribution >= 0.6 is 0 Å². The second kappa shape index (κ2) is 3.19. The third kappa shape index (κ3) is 2.35. The van der Waals surface area contributed by atoms with Crippen LogP contribution in [-0.4, -0.2) is 5.78 Å². The van der Waals surface area contributed by atoms with Gasteiger partial charge in [-0.25, -0.2) is 0 Å². The van der Waals surface area contributed by atoms with Crippen molar-refractivity contribution in [2.75, 3.05) is 0 Å². The molecule has 1 heteroatoms. The van der Waals surface area contributed by atoms with Crippen molar-refractivity contribution < 1.29 is 4.79 Å². The van der Waals surface area contributed by atoms with Gasteiger partial charge in [-0.05, 0) is 12.5 Å². The first-order chi connectivity index (χ1) is 3.68. The Kier molecular flexibility index (Phi) is 2.85. The van der Waals surface area contributed by atoms with E-state index in [1.807, 2.05) is 0 Å². The van der Waals surface area contributed by atoms with Crippen molar-refractivity contribution >= 4 is 5.78 Å². The van der Waals surface area contributed by atoms with Crippen molar-refractivity contribution in [3.05, 3.63) is 31.2 Å². The van der Waals surface area contributed by atoms with E-state index in [-0.39, 0.29) is 5.78 Å². The molecule has 0 aromatic carbocycles. The van der Waals surface area contributed by atoms with E-state index < -0.39 is 0 Å². The third-order valence-electron chi connectivity index (χ3n) is 0.690. The molecule has 1 nitrogen and oxygen atoms in total. The van der Waals surface area contributed by atoms with E-state index in [0.29, 0.717) is 5.57 Å². The van der Waals surface area contributed by atoms with E-state index in [0.717, 1.165) is 0 Å². The lowest BCUT2D eigenvalue weighted by Crippen LogP contribution is -1.95. The van der Waals surface area contributed by atoms with Gasteiger partial charge in [0.05, 0.1) is 6.42 Å². The predicted octanol–water partition coefficient (Wildman–Crippen LogP) is 1.52. The molecule has 0 N–H and O–H groups in total. The van der Waals surface area contributed by atoms with Gasteiger partial charge in [-0.2, -0.15) is 0 Å². The largest absolute Gasteiger partial charge is 0.294 e. The fraction of sp³-hybridized carbons (Fsp3) is 0.143. The summed E-state index contributed by atoms with van der Waals surface area (Å²) in [6.07, 6.45) is 2.85. The minimum Gasteiger partial charge on any atom is -0.294 e. The number of ketones is 1. The summed E-state index contributed by atoms with van der Waals surface area (Å²) >= 11 is 0. The molecule has 0 amide bonds. The molecule has 0 bridgehead atoms. The van der Waals surface area contributed by atoms with Gasteiger partial charge in [0.2, 0.25) is 0 Å². The van der Waals surface area contributed by atoms with Crippen LogP contribution in [0.5, 0.6) is 0 Å². The summed E-state index contributed by atoms with van der Waals surface area (Å²) in [6, 6.07) is 0. The van der Waals surface area contributed by atoms with E-state index in [1.165, 1.54) is 12.5 Å². The van der Waals surface area contributed by atoms with Crippen molar-refractivity contribution in [1.82, 2.24) is 0 Å². The summed E-state index contributed by atoms with van der Waals surface area (Å²) in [5, 5.41) is 0. The third-order valence-corrected chi connectivity index (χ3v) is 0.690. The Balaban J connectivity index is 3.65. The average Bonchev–Trinajstić information content (AvgIpc) is 1.67. The smallest absolute Gasteiger partial charge is 0.165 e. The summed E-state index contributed by atoms with van der Waals surface area (Å²) in [5.74, 6) is -0.0556. The first-order valence-electron chi connectivity index (χ1n) is 2.34. The van der Waals surface area contributed by atoms with Gasteiger partial charge in [-0.1, -0.05) is 12.7 Å². The first kappa shape index (κ1) is 7.15. The van der Waals surface area contributed by atoms with Crippen LogP contribution in [0.15, 0.2) is 24.8 Å². The van der Waals surface area contributed by atoms with Gasteiger partial charge in [-0.3, -0.25) is 4.79 Å². The molecule has 0 aliphatic carbocycles. The number of hydrogen-bond donors (Lipinski definition) is 0. The Morgan fingerprint density at radius 2 is 2.12 bits per heavy atom. The molecule has 1 radical (unpaired) electrons. The van der Waals surface area contributed by atoms with Crippen molar-refractivity contribution in [3.8, 4) is 0 Å². The molecular formula is C7H9O. The van der Waals surface area contributed by atoms with Gasteiger partial charge >= 0.3 is 0 Å². The zero-order chi connectivity index (χ0) is 6.57. The highest BCUT2D eigenvalue weighted by Gasteiger charge is 1.96. The van der Waals surface area contributed by atoms with Gasteiger partial charge in [0.15, 0.2) is 5.78 Å². The van der Waals surface area contributed by atoms with E-state index in [1.54, 1.807) is 6.92 Å². The van der Waals surface area contributed by atoms with Gasteiger partial charge in [0.1, 0.15) is 0 Å². The summed E-state index contributed by atoms with van der Waals surface area (Å²) in [7, 11) is 0. The highest BCUT2D eigenvalue weighted by molar-refractivity contribution is 6.02. The van der Waals surface area contributed by atoms with E-state index in [9.17, 15) is 4.79 Å². The van der Waals surface area contributed by atoms with Gasteiger partial charge < -0.3 is 0 Å². The predicted molar refractivity (Wildman–Crippen MR) is 34.3 cm³/mol. The van der Waals surface area contributed by atoms with Crippen LogP contribution in [0.2, 0.25) is 0 Å². The highest BCUT2D eigenvalue weighted by atomic mass is 16.1. The number of carbonyl (C=O) groups excluding carboxylic acids is 1. The Morgan fingerprint density at radius 3 is 2.25 bits per heavy atom. The van der Waals surface area contributed by atoms with Crippen LogP contribution in [-0.2, 0) is 4.79 Å². The van der Waals surface area contributed by atoms with Crippen LogP contribution in [0, 0.1) is 6.42 Å². The van der Waals surface area contributed by atoms with E-state index in [2.05, 4.69) is 13.2 Å². The van der Waals surface area contributed by atoms with Crippen LogP contribution in [0.4, 0.5) is 0 Å². The van der Waals surface area contributed by atoms with Crippen molar-refractivity contribution in [1.29, 1.82) is 0 Å². The molecule has 0 aromatic heterocycles. The van der Waals surface area contributed by atoms with Crippen LogP contribution < -0.4 is 0 Å². The maximum absolute atomic E-state index is 10.5. The lowest BCUT2D eigenvalue weighted by molar-refractivity contribution is -0.112. The quantitative estimate of drug-likeness (QED) is 0.502. The molecule has 0 saturated carbocycles. The number of carbonyl (C=O) groups is 1. The monoisotopic (exact) mass is 109 g/mol. The molecule has 0 aliphatic heterocycles. The summed E-state index contributed by atoms with van der Waals surface area (Å²) in [6.45, 7) is 8.48. The van der Waals surface area contributed by atoms with Crippen molar-refractivity contribution in [2.24, 2.45) is 0 Å². The van der Waals surface area contributed by atoms with E-state index in [4.69, 9.17) is 0 Å². The summed E-state index contributed by atoms with van der Waals surface area (Å²) in [5.41, 5.74) is 0.546.